The molecule has 0 bridgehead atoms. The summed E-state index contributed by atoms with van der Waals surface area (Å²) in [7, 11) is 0. The van der Waals surface area contributed by atoms with E-state index in [9.17, 15) is 9.90 Å². The van der Waals surface area contributed by atoms with Gasteiger partial charge in [-0.1, -0.05) is 54.6 Å². The molecule has 0 radical (unpaired) electrons. The van der Waals surface area contributed by atoms with Crippen LogP contribution in [0.1, 0.15) is 22.8 Å². The molecule has 0 aromatic heterocycles. The zero-order valence-corrected chi connectivity index (χ0v) is 11.2. The highest BCUT2D eigenvalue weighted by Gasteiger charge is 2.15. The lowest BCUT2D eigenvalue weighted by Crippen LogP contribution is -2.25. The van der Waals surface area contributed by atoms with Gasteiger partial charge < -0.3 is 5.11 Å². The van der Waals surface area contributed by atoms with Gasteiger partial charge in [0.1, 0.15) is 0 Å². The number of aliphatic hydroxyl groups is 1. The van der Waals surface area contributed by atoms with Gasteiger partial charge in [0.15, 0.2) is 6.10 Å². The van der Waals surface area contributed by atoms with Crippen molar-refractivity contribution in [1.82, 2.24) is 5.43 Å². The van der Waals surface area contributed by atoms with Crippen LogP contribution in [0.5, 0.6) is 0 Å². The lowest BCUT2D eigenvalue weighted by molar-refractivity contribution is -0.129. The van der Waals surface area contributed by atoms with Crippen LogP contribution < -0.4 is 5.43 Å². The molecule has 2 rings (SSSR count). The fourth-order valence-electron chi connectivity index (χ4n) is 1.74. The molecule has 2 aromatic rings. The SMILES string of the molecule is Cc1ccccc1C=NNC(=O)C(O)c1ccccc1. The molecule has 1 atom stereocenters. The number of nitrogens with zero attached hydrogens (tertiary/aromatic N) is 1. The second-order valence-electron chi connectivity index (χ2n) is 4.40. The van der Waals surface area contributed by atoms with Crippen LogP contribution in [0.2, 0.25) is 0 Å². The van der Waals surface area contributed by atoms with Crippen LogP contribution in [0.25, 0.3) is 0 Å². The van der Waals surface area contributed by atoms with Crippen molar-refractivity contribution in [3.63, 3.8) is 0 Å². The maximum Gasteiger partial charge on any atom is 0.273 e. The van der Waals surface area contributed by atoms with Crippen molar-refractivity contribution in [2.45, 2.75) is 13.0 Å². The van der Waals surface area contributed by atoms with Crippen LogP contribution in [0.15, 0.2) is 59.7 Å². The third-order valence-electron chi connectivity index (χ3n) is 2.93. The maximum atomic E-state index is 11.7. The molecule has 4 nitrogen and oxygen atoms in total. The van der Waals surface area contributed by atoms with E-state index in [4.69, 9.17) is 0 Å². The maximum absolute atomic E-state index is 11.7. The highest BCUT2D eigenvalue weighted by molar-refractivity contribution is 5.85. The Bertz CT molecular complexity index is 609. The number of benzene rings is 2. The molecule has 0 saturated heterocycles. The molecule has 0 saturated carbocycles. The van der Waals surface area contributed by atoms with Crippen molar-refractivity contribution in [3.05, 3.63) is 71.3 Å². The number of nitrogens with one attached hydrogen (secondary N) is 1. The van der Waals surface area contributed by atoms with E-state index in [-0.39, 0.29) is 0 Å². The molecule has 102 valence electrons. The minimum Gasteiger partial charge on any atom is -0.378 e. The summed E-state index contributed by atoms with van der Waals surface area (Å²) in [5.41, 5.74) is 4.86. The van der Waals surface area contributed by atoms with Crippen LogP contribution >= 0.6 is 0 Å². The normalized spacial score (nSPS) is 12.3. The predicted octanol–water partition coefficient (Wildman–Crippen LogP) is 2.18. The first-order chi connectivity index (χ1) is 9.68. The van der Waals surface area contributed by atoms with Gasteiger partial charge in [-0.3, -0.25) is 4.79 Å². The molecule has 1 unspecified atom stereocenters. The number of carbonyl (C=O) groups excluding carboxylic acids is 1. The minimum absolute atomic E-state index is 0.538. The van der Waals surface area contributed by atoms with Crippen molar-refractivity contribution in [3.8, 4) is 0 Å². The van der Waals surface area contributed by atoms with Crippen LogP contribution in [-0.4, -0.2) is 17.2 Å². The van der Waals surface area contributed by atoms with E-state index in [1.54, 1.807) is 30.5 Å². The Morgan fingerprint density at radius 3 is 2.50 bits per heavy atom. The standard InChI is InChI=1S/C16H16N2O2/c1-12-7-5-6-10-14(12)11-17-18-16(20)15(19)13-8-3-2-4-9-13/h2-11,15,19H,1H3,(H,18,20). The number of hydrogen-bond acceptors (Lipinski definition) is 3. The van der Waals surface area contributed by atoms with E-state index in [1.807, 2.05) is 37.3 Å². The largest absolute Gasteiger partial charge is 0.378 e. The average molecular weight is 268 g/mol. The molecule has 20 heavy (non-hydrogen) atoms. The van der Waals surface area contributed by atoms with Gasteiger partial charge in [0.25, 0.3) is 5.91 Å². The summed E-state index contributed by atoms with van der Waals surface area (Å²) < 4.78 is 0. The first-order valence-corrected chi connectivity index (χ1v) is 6.30. The summed E-state index contributed by atoms with van der Waals surface area (Å²) in [6, 6.07) is 16.4. The second-order valence-corrected chi connectivity index (χ2v) is 4.40. The zero-order valence-electron chi connectivity index (χ0n) is 11.2. The zero-order chi connectivity index (χ0) is 14.4. The van der Waals surface area contributed by atoms with Crippen molar-refractivity contribution >= 4 is 12.1 Å². The van der Waals surface area contributed by atoms with Gasteiger partial charge in [0, 0.05) is 0 Å². The van der Waals surface area contributed by atoms with E-state index >= 15 is 0 Å². The number of hydrazone groups is 1. The van der Waals surface area contributed by atoms with Crippen molar-refractivity contribution in [1.29, 1.82) is 0 Å². The van der Waals surface area contributed by atoms with Crippen LogP contribution in [-0.2, 0) is 4.79 Å². The summed E-state index contributed by atoms with van der Waals surface area (Å²) in [4.78, 5) is 11.7. The van der Waals surface area contributed by atoms with Crippen LogP contribution in [0, 0.1) is 6.92 Å². The van der Waals surface area contributed by atoms with E-state index in [0.29, 0.717) is 5.56 Å². The monoisotopic (exact) mass is 268 g/mol. The quantitative estimate of drug-likeness (QED) is 0.659. The van der Waals surface area contributed by atoms with Crippen LogP contribution in [0.3, 0.4) is 0 Å². The summed E-state index contributed by atoms with van der Waals surface area (Å²) in [6.45, 7) is 1.96. The minimum atomic E-state index is -1.22. The Morgan fingerprint density at radius 1 is 1.15 bits per heavy atom. The van der Waals surface area contributed by atoms with Crippen molar-refractivity contribution in [2.24, 2.45) is 5.10 Å². The molecule has 0 aliphatic carbocycles. The molecule has 0 aliphatic heterocycles. The first kappa shape index (κ1) is 14.0. The van der Waals surface area contributed by atoms with E-state index in [0.717, 1.165) is 11.1 Å². The fourth-order valence-corrected chi connectivity index (χ4v) is 1.74. The van der Waals surface area contributed by atoms with Gasteiger partial charge in [-0.25, -0.2) is 5.43 Å². The summed E-state index contributed by atoms with van der Waals surface area (Å²) in [5.74, 6) is -0.555. The number of rotatable bonds is 4. The Hall–Kier alpha value is -2.46. The molecule has 0 aliphatic rings. The van der Waals surface area contributed by atoms with Crippen molar-refractivity contribution in [2.75, 3.05) is 0 Å². The third-order valence-corrected chi connectivity index (χ3v) is 2.93. The lowest BCUT2D eigenvalue weighted by atomic mass is 10.1. The van der Waals surface area contributed by atoms with E-state index in [2.05, 4.69) is 10.5 Å². The van der Waals surface area contributed by atoms with E-state index in [1.165, 1.54) is 0 Å². The summed E-state index contributed by atoms with van der Waals surface area (Å²) in [6.07, 6.45) is 0.343. The number of aryl methyl sites for hydroxylation is 1. The van der Waals surface area contributed by atoms with Gasteiger partial charge in [-0.15, -0.1) is 0 Å². The number of carbonyl (C=O) groups is 1. The highest BCUT2D eigenvalue weighted by Crippen LogP contribution is 2.11. The second kappa shape index (κ2) is 6.63. The van der Waals surface area contributed by atoms with Gasteiger partial charge in [0.2, 0.25) is 0 Å². The molecule has 0 spiro atoms. The Kier molecular flexibility index (Phi) is 4.63. The molecule has 2 N–H and O–H groups in total. The topological polar surface area (TPSA) is 61.7 Å². The van der Waals surface area contributed by atoms with Crippen molar-refractivity contribution < 1.29 is 9.90 Å². The predicted molar refractivity (Wildman–Crippen MR) is 78.3 cm³/mol. The molecule has 0 fully saturated rings. The number of hydrogen-bond donors (Lipinski definition) is 2. The Morgan fingerprint density at radius 2 is 1.80 bits per heavy atom. The summed E-state index contributed by atoms with van der Waals surface area (Å²) in [5, 5.41) is 13.7. The fraction of sp³-hybridized carbons (Fsp3) is 0.125. The Balaban J connectivity index is 1.97. The Labute approximate surface area is 117 Å². The van der Waals surface area contributed by atoms with Gasteiger partial charge in [0.05, 0.1) is 6.21 Å². The lowest BCUT2D eigenvalue weighted by Gasteiger charge is -2.08. The van der Waals surface area contributed by atoms with Crippen LogP contribution in [0.4, 0.5) is 0 Å². The molecule has 2 aromatic carbocycles. The smallest absolute Gasteiger partial charge is 0.273 e. The third kappa shape index (κ3) is 3.52. The number of amides is 1. The highest BCUT2D eigenvalue weighted by atomic mass is 16.3. The van der Waals surface area contributed by atoms with Gasteiger partial charge in [-0.05, 0) is 23.6 Å². The molecule has 0 heterocycles. The average Bonchev–Trinajstić information content (AvgIpc) is 2.49. The summed E-state index contributed by atoms with van der Waals surface area (Å²) >= 11 is 0. The molecular formula is C16H16N2O2. The first-order valence-electron chi connectivity index (χ1n) is 6.30. The number of aliphatic hydroxyl groups excluding tert-OH is 1. The molecular weight excluding hydrogens is 252 g/mol. The van der Waals surface area contributed by atoms with Gasteiger partial charge in [-0.2, -0.15) is 5.10 Å². The molecule has 1 amide bonds. The molecule has 4 heteroatoms. The van der Waals surface area contributed by atoms with Gasteiger partial charge >= 0.3 is 0 Å². The van der Waals surface area contributed by atoms with E-state index < -0.39 is 12.0 Å².